The number of carbonyl (C=O) groups is 4. The molecule has 0 rings (SSSR count). The van der Waals surface area contributed by atoms with Gasteiger partial charge in [0.25, 0.3) is 0 Å². The predicted octanol–water partition coefficient (Wildman–Crippen LogP) is 0.983. The number of esters is 4. The van der Waals surface area contributed by atoms with Crippen LogP contribution < -0.4 is 0 Å². The van der Waals surface area contributed by atoms with E-state index in [0.29, 0.717) is 0 Å². The van der Waals surface area contributed by atoms with Crippen LogP contribution in [0.1, 0.15) is 27.7 Å². The summed E-state index contributed by atoms with van der Waals surface area (Å²) in [5.74, 6) is -2.35. The Morgan fingerprint density at radius 3 is 0.972 bits per heavy atom. The molecule has 0 aromatic rings. The molecule has 0 fully saturated rings. The molecule has 8 unspecified atom stereocenters. The Morgan fingerprint density at radius 1 is 0.583 bits per heavy atom. The zero-order chi connectivity index (χ0) is 29.2. The van der Waals surface area contributed by atoms with E-state index < -0.39 is 57.1 Å². The Morgan fingerprint density at radius 2 is 0.806 bits per heavy atom. The lowest BCUT2D eigenvalue weighted by atomic mass is 10.1. The summed E-state index contributed by atoms with van der Waals surface area (Å²) in [6.45, 7) is 7.11. The Labute approximate surface area is 245 Å². The molecule has 0 aliphatic heterocycles. The molecule has 0 saturated carbocycles. The largest absolute Gasteiger partial charge is 0.468 e. The number of rotatable bonds is 11. The lowest BCUT2D eigenvalue weighted by Crippen LogP contribution is -2.34. The van der Waals surface area contributed by atoms with Crippen molar-refractivity contribution in [3.8, 4) is 0 Å². The second-order valence-corrected chi connectivity index (χ2v) is 10.2. The maximum absolute atomic E-state index is 11.1. The highest BCUT2D eigenvalue weighted by Crippen LogP contribution is 2.16. The second-order valence-electron chi connectivity index (χ2n) is 6.79. The maximum Gasteiger partial charge on any atom is 0.320 e. The number of ether oxygens (including phenoxy) is 4. The van der Waals surface area contributed by atoms with Crippen molar-refractivity contribution in [3.05, 3.63) is 0 Å². The Hall–Kier alpha value is -0.100. The van der Waals surface area contributed by atoms with Crippen molar-refractivity contribution in [1.82, 2.24) is 0 Å². The molecule has 8 atom stereocenters. The number of carbonyl (C=O) groups excluding carboxylic acids is 4. The van der Waals surface area contributed by atoms with Gasteiger partial charge in [0.1, 0.15) is 21.0 Å². The number of thiol groups is 6. The SMILES string of the molecule is CC(O)C(S)C(S)C(C)O.CCOC(=O)C(S)C(S)C(=O)OCC.COC(=O)C(S)C(S)C(=O)OC. The van der Waals surface area contributed by atoms with E-state index in [4.69, 9.17) is 10.2 Å². The number of aliphatic hydroxyl groups excluding tert-OH is 2. The minimum Gasteiger partial charge on any atom is -0.468 e. The summed E-state index contributed by atoms with van der Waals surface area (Å²) in [5, 5.41) is 13.9. The summed E-state index contributed by atoms with van der Waals surface area (Å²) in [7, 11) is 2.42. The average molecular weight is 631 g/mol. The van der Waals surface area contributed by atoms with Gasteiger partial charge in [0, 0.05) is 10.5 Å². The van der Waals surface area contributed by atoms with Crippen molar-refractivity contribution >= 4 is 99.6 Å². The Bertz CT molecular complexity index is 598. The number of aliphatic hydroxyl groups is 2. The molecule has 36 heavy (non-hydrogen) atoms. The second kappa shape index (κ2) is 22.8. The fraction of sp³-hybridized carbons (Fsp3) is 0.800. The first-order chi connectivity index (χ1) is 16.5. The molecule has 0 aromatic heterocycles. The normalized spacial score (nSPS) is 16.9. The Kier molecular flexibility index (Phi) is 25.6. The van der Waals surface area contributed by atoms with E-state index in [1.165, 1.54) is 14.2 Å². The lowest BCUT2D eigenvalue weighted by Gasteiger charge is -2.22. The van der Waals surface area contributed by atoms with Crippen LogP contribution in [-0.2, 0) is 38.1 Å². The van der Waals surface area contributed by atoms with Gasteiger partial charge in [0.15, 0.2) is 0 Å². The third-order valence-electron chi connectivity index (χ3n) is 3.88. The highest BCUT2D eigenvalue weighted by atomic mass is 32.1. The third kappa shape index (κ3) is 17.4. The van der Waals surface area contributed by atoms with Crippen LogP contribution in [0.25, 0.3) is 0 Å². The van der Waals surface area contributed by atoms with Gasteiger partial charge in [-0.15, -0.1) is 0 Å². The number of hydrogen-bond donors (Lipinski definition) is 8. The monoisotopic (exact) mass is 630 g/mol. The van der Waals surface area contributed by atoms with Crippen LogP contribution in [0.4, 0.5) is 0 Å². The van der Waals surface area contributed by atoms with E-state index >= 15 is 0 Å². The predicted molar refractivity (Wildman–Crippen MR) is 157 cm³/mol. The summed E-state index contributed by atoms with van der Waals surface area (Å²) in [5.41, 5.74) is 0. The van der Waals surface area contributed by atoms with Crippen molar-refractivity contribution in [3.63, 3.8) is 0 Å². The van der Waals surface area contributed by atoms with E-state index in [2.05, 4.69) is 94.7 Å². The van der Waals surface area contributed by atoms with E-state index in [0.717, 1.165) is 0 Å². The van der Waals surface area contributed by atoms with E-state index in [1.54, 1.807) is 27.7 Å². The van der Waals surface area contributed by atoms with Crippen LogP contribution in [-0.4, -0.2) is 105 Å². The smallest absolute Gasteiger partial charge is 0.320 e. The zero-order valence-corrected chi connectivity index (χ0v) is 26.2. The van der Waals surface area contributed by atoms with Crippen molar-refractivity contribution in [2.75, 3.05) is 27.4 Å². The summed E-state index contributed by atoms with van der Waals surface area (Å²) in [6.07, 6.45) is -1.08. The van der Waals surface area contributed by atoms with Crippen molar-refractivity contribution in [1.29, 1.82) is 0 Å². The molecule has 0 saturated heterocycles. The highest BCUT2D eigenvalue weighted by molar-refractivity contribution is 7.86. The quantitative estimate of drug-likeness (QED) is 0.0945. The summed E-state index contributed by atoms with van der Waals surface area (Å²) >= 11 is 23.7. The summed E-state index contributed by atoms with van der Waals surface area (Å²) in [6, 6.07) is 0. The van der Waals surface area contributed by atoms with Gasteiger partial charge >= 0.3 is 23.9 Å². The molecule has 10 nitrogen and oxygen atoms in total. The first-order valence-corrected chi connectivity index (χ1v) is 13.6. The topological polar surface area (TPSA) is 146 Å². The molecular weight excluding hydrogens is 593 g/mol. The molecule has 0 amide bonds. The van der Waals surface area contributed by atoms with E-state index in [1.807, 2.05) is 0 Å². The van der Waals surface area contributed by atoms with Crippen LogP contribution in [0.3, 0.4) is 0 Å². The van der Waals surface area contributed by atoms with Crippen molar-refractivity contribution in [2.45, 2.75) is 71.4 Å². The van der Waals surface area contributed by atoms with Crippen LogP contribution in [0.15, 0.2) is 0 Å². The van der Waals surface area contributed by atoms with Crippen LogP contribution in [0.5, 0.6) is 0 Å². The molecule has 0 aromatic carbocycles. The molecule has 0 radical (unpaired) electrons. The maximum atomic E-state index is 11.1. The molecule has 16 heteroatoms. The van der Waals surface area contributed by atoms with Gasteiger partial charge in [0.05, 0.1) is 39.6 Å². The molecular formula is C20H38O10S6. The van der Waals surface area contributed by atoms with Crippen LogP contribution >= 0.6 is 75.8 Å². The van der Waals surface area contributed by atoms with Gasteiger partial charge in [0.2, 0.25) is 0 Å². The fourth-order valence-corrected chi connectivity index (χ4v) is 3.13. The fourth-order valence-electron chi connectivity index (χ4n) is 1.78. The number of methoxy groups -OCH3 is 2. The highest BCUT2D eigenvalue weighted by Gasteiger charge is 2.30. The van der Waals surface area contributed by atoms with Crippen molar-refractivity contribution in [2.24, 2.45) is 0 Å². The molecule has 0 bridgehead atoms. The minimum absolute atomic E-state index is 0.249. The first kappa shape index (κ1) is 40.4. The Balaban J connectivity index is -0.000000460. The zero-order valence-electron chi connectivity index (χ0n) is 20.9. The average Bonchev–Trinajstić information content (AvgIpc) is 2.85. The van der Waals surface area contributed by atoms with Crippen LogP contribution in [0.2, 0.25) is 0 Å². The van der Waals surface area contributed by atoms with Gasteiger partial charge < -0.3 is 29.2 Å². The van der Waals surface area contributed by atoms with Gasteiger partial charge in [-0.05, 0) is 27.7 Å². The van der Waals surface area contributed by atoms with Gasteiger partial charge in [-0.3, -0.25) is 19.2 Å². The van der Waals surface area contributed by atoms with Gasteiger partial charge in [-0.2, -0.15) is 75.8 Å². The number of hydrogen-bond acceptors (Lipinski definition) is 16. The summed E-state index contributed by atoms with van der Waals surface area (Å²) < 4.78 is 18.1. The standard InChI is InChI=1S/C8H14O4S2.C6H10O4S2.C6H14O2S2/c1-3-11-7(9)5(13)6(14)8(10)12-4-2;1-9-5(7)3(11)4(12)6(8)10-2;1-3(7)5(9)6(10)4(2)8/h5-6,13-14H,3-4H2,1-2H3;3-4,11-12H,1-2H3;3-10H,1-2H3. The molecule has 2 N–H and O–H groups in total. The molecule has 0 spiro atoms. The van der Waals surface area contributed by atoms with E-state index in [-0.39, 0.29) is 23.7 Å². The molecule has 214 valence electrons. The minimum atomic E-state index is -0.897. The lowest BCUT2D eigenvalue weighted by molar-refractivity contribution is -0.148. The van der Waals surface area contributed by atoms with Gasteiger partial charge in [-0.25, -0.2) is 0 Å². The summed E-state index contributed by atoms with van der Waals surface area (Å²) in [4.78, 5) is 43.9. The van der Waals surface area contributed by atoms with Crippen molar-refractivity contribution < 1.29 is 48.3 Å². The van der Waals surface area contributed by atoms with Crippen LogP contribution in [0, 0.1) is 0 Å². The first-order valence-electron chi connectivity index (χ1n) is 10.5. The van der Waals surface area contributed by atoms with Gasteiger partial charge in [-0.1, -0.05) is 0 Å². The van der Waals surface area contributed by atoms with E-state index in [9.17, 15) is 19.2 Å². The molecule has 0 heterocycles. The molecule has 0 aliphatic rings. The third-order valence-corrected chi connectivity index (χ3v) is 8.12. The molecule has 0 aliphatic carbocycles.